The van der Waals surface area contributed by atoms with Crippen LogP contribution in [0.5, 0.6) is 0 Å². The van der Waals surface area contributed by atoms with E-state index in [9.17, 15) is 9.59 Å². The lowest BCUT2D eigenvalue weighted by molar-refractivity contribution is 0.0177. The number of ether oxygens (including phenoxy) is 2. The van der Waals surface area contributed by atoms with E-state index in [1.807, 2.05) is 44.5 Å². The van der Waals surface area contributed by atoms with Crippen molar-refractivity contribution < 1.29 is 19.1 Å². The molecule has 0 atom stereocenters. The first-order valence-electron chi connectivity index (χ1n) is 12.8. The van der Waals surface area contributed by atoms with Crippen molar-refractivity contribution in [1.82, 2.24) is 14.7 Å². The zero-order valence-electron chi connectivity index (χ0n) is 21.1. The van der Waals surface area contributed by atoms with Gasteiger partial charge < -0.3 is 14.4 Å². The van der Waals surface area contributed by atoms with Crippen LogP contribution in [-0.4, -0.2) is 58.5 Å². The Balaban J connectivity index is 1.30. The second-order valence-electron chi connectivity index (χ2n) is 11.0. The Kier molecular flexibility index (Phi) is 7.60. The van der Waals surface area contributed by atoms with Gasteiger partial charge in [-0.05, 0) is 89.3 Å². The summed E-state index contributed by atoms with van der Waals surface area (Å²) in [7, 11) is 0. The monoisotopic (exact) mass is 469 g/mol. The van der Waals surface area contributed by atoms with Crippen LogP contribution in [0.3, 0.4) is 0 Å². The summed E-state index contributed by atoms with van der Waals surface area (Å²) in [5, 5.41) is 5.80. The van der Waals surface area contributed by atoms with E-state index in [-0.39, 0.29) is 11.9 Å². The molecule has 0 bridgehead atoms. The van der Waals surface area contributed by atoms with Gasteiger partial charge in [0.05, 0.1) is 5.52 Å². The molecule has 1 aliphatic heterocycles. The van der Waals surface area contributed by atoms with Gasteiger partial charge in [0.1, 0.15) is 5.60 Å². The highest BCUT2D eigenvalue weighted by Gasteiger charge is 2.27. The minimum atomic E-state index is -0.467. The molecular formula is C27H39N3O4. The molecule has 1 aliphatic carbocycles. The van der Waals surface area contributed by atoms with Crippen LogP contribution in [0.25, 0.3) is 10.9 Å². The van der Waals surface area contributed by atoms with Crippen molar-refractivity contribution >= 4 is 22.8 Å². The third kappa shape index (κ3) is 6.59. The van der Waals surface area contributed by atoms with E-state index in [4.69, 9.17) is 14.6 Å². The van der Waals surface area contributed by atoms with Crippen LogP contribution in [0.15, 0.2) is 18.3 Å². The molecule has 2 aromatic rings. The molecule has 1 aromatic heterocycles. The zero-order valence-corrected chi connectivity index (χ0v) is 21.1. The molecule has 1 amide bonds. The molecule has 7 nitrogen and oxygen atoms in total. The fourth-order valence-corrected chi connectivity index (χ4v) is 4.57. The summed E-state index contributed by atoms with van der Waals surface area (Å²) >= 11 is 0. The maximum atomic E-state index is 12.8. The van der Waals surface area contributed by atoms with Gasteiger partial charge in [-0.15, -0.1) is 0 Å². The van der Waals surface area contributed by atoms with E-state index < -0.39 is 5.60 Å². The Hall–Kier alpha value is -2.41. The van der Waals surface area contributed by atoms with Crippen LogP contribution >= 0.6 is 0 Å². The molecule has 186 valence electrons. The molecule has 2 aliphatic rings. The fraction of sp³-hybridized carbons (Fsp3) is 0.667. The number of carbonyl (C=O) groups excluding carboxylic acids is 2. The maximum Gasteiger partial charge on any atom is 0.410 e. The average Bonchev–Trinajstić information content (AvgIpc) is 3.50. The summed E-state index contributed by atoms with van der Waals surface area (Å²) in [6.07, 6.45) is 7.57. The first-order valence-corrected chi connectivity index (χ1v) is 12.8. The van der Waals surface area contributed by atoms with Crippen LogP contribution < -0.4 is 0 Å². The molecule has 2 heterocycles. The summed E-state index contributed by atoms with van der Waals surface area (Å²) < 4.78 is 13.2. The molecule has 1 saturated heterocycles. The number of aryl methyl sites for hydroxylation is 1. The van der Waals surface area contributed by atoms with Gasteiger partial charge in [0.25, 0.3) is 0 Å². The number of likely N-dealkylation sites (tertiary alicyclic amines) is 1. The van der Waals surface area contributed by atoms with Gasteiger partial charge >= 0.3 is 6.09 Å². The fourth-order valence-electron chi connectivity index (χ4n) is 4.57. The number of carbonyl (C=O) groups is 2. The van der Waals surface area contributed by atoms with Crippen LogP contribution in [0, 0.1) is 18.8 Å². The molecule has 0 radical (unpaired) electrons. The Morgan fingerprint density at radius 1 is 1.09 bits per heavy atom. The lowest BCUT2D eigenvalue weighted by Gasteiger charge is -2.33. The second-order valence-corrected chi connectivity index (χ2v) is 11.0. The first-order chi connectivity index (χ1) is 16.2. The van der Waals surface area contributed by atoms with Crippen molar-refractivity contribution in [2.45, 2.75) is 78.4 Å². The molecular weight excluding hydrogens is 430 g/mol. The second kappa shape index (κ2) is 10.5. The quantitative estimate of drug-likeness (QED) is 0.364. The first kappa shape index (κ1) is 24.7. The Morgan fingerprint density at radius 2 is 1.82 bits per heavy atom. The van der Waals surface area contributed by atoms with Gasteiger partial charge in [0, 0.05) is 56.4 Å². The summed E-state index contributed by atoms with van der Waals surface area (Å²) in [4.78, 5) is 26.9. The third-order valence-electron chi connectivity index (χ3n) is 6.76. The molecule has 34 heavy (non-hydrogen) atoms. The van der Waals surface area contributed by atoms with Crippen LogP contribution in [-0.2, 0) is 16.0 Å². The minimum Gasteiger partial charge on any atom is -0.444 e. The number of aromatic nitrogens is 2. The van der Waals surface area contributed by atoms with E-state index in [0.717, 1.165) is 60.4 Å². The van der Waals surface area contributed by atoms with Crippen LogP contribution in [0.2, 0.25) is 0 Å². The molecule has 1 saturated carbocycles. The Morgan fingerprint density at radius 3 is 2.50 bits per heavy atom. The van der Waals surface area contributed by atoms with E-state index >= 15 is 0 Å². The predicted molar refractivity (Wildman–Crippen MR) is 132 cm³/mol. The number of benzene rings is 1. The highest BCUT2D eigenvalue weighted by Crippen LogP contribution is 2.29. The topological polar surface area (TPSA) is 73.7 Å². The van der Waals surface area contributed by atoms with Crippen molar-refractivity contribution in [2.24, 2.45) is 11.8 Å². The van der Waals surface area contributed by atoms with Crippen molar-refractivity contribution in [1.29, 1.82) is 0 Å². The van der Waals surface area contributed by atoms with Gasteiger partial charge in [0.2, 0.25) is 0 Å². The summed E-state index contributed by atoms with van der Waals surface area (Å²) in [6.45, 7) is 11.4. The highest BCUT2D eigenvalue weighted by atomic mass is 16.6. The average molecular weight is 470 g/mol. The van der Waals surface area contributed by atoms with Gasteiger partial charge in [-0.3, -0.25) is 9.48 Å². The number of hydrogen-bond acceptors (Lipinski definition) is 5. The molecule has 0 N–H and O–H groups in total. The summed E-state index contributed by atoms with van der Waals surface area (Å²) in [6, 6.07) is 3.88. The number of hydrogen-bond donors (Lipinski definition) is 0. The molecule has 1 aromatic carbocycles. The lowest BCUT2D eigenvalue weighted by atomic mass is 9.97. The van der Waals surface area contributed by atoms with E-state index in [0.29, 0.717) is 32.0 Å². The van der Waals surface area contributed by atoms with E-state index in [1.165, 1.54) is 12.8 Å². The molecule has 2 fully saturated rings. The predicted octanol–water partition coefficient (Wildman–Crippen LogP) is 5.38. The Labute approximate surface area is 202 Å². The van der Waals surface area contributed by atoms with Gasteiger partial charge in [0.15, 0.2) is 5.78 Å². The smallest absolute Gasteiger partial charge is 0.410 e. The number of rotatable bonds is 9. The number of Topliss-reactive ketones (excluding diaryl/α,β-unsaturated/α-hetero) is 1. The van der Waals surface area contributed by atoms with Crippen molar-refractivity contribution in [3.05, 3.63) is 29.5 Å². The van der Waals surface area contributed by atoms with E-state index in [1.54, 1.807) is 4.90 Å². The van der Waals surface area contributed by atoms with Crippen molar-refractivity contribution in [3.63, 3.8) is 0 Å². The molecule has 7 heteroatoms. The van der Waals surface area contributed by atoms with E-state index in [2.05, 4.69) is 6.20 Å². The minimum absolute atomic E-state index is 0.177. The third-order valence-corrected chi connectivity index (χ3v) is 6.76. The van der Waals surface area contributed by atoms with Crippen LogP contribution in [0.1, 0.15) is 75.2 Å². The van der Waals surface area contributed by atoms with Gasteiger partial charge in [-0.2, -0.15) is 5.10 Å². The summed E-state index contributed by atoms with van der Waals surface area (Å²) in [5.41, 5.74) is 2.26. The largest absolute Gasteiger partial charge is 0.444 e. The molecule has 4 rings (SSSR count). The number of nitrogens with zero attached hydrogens (tertiary/aromatic N) is 3. The number of amides is 1. The van der Waals surface area contributed by atoms with Gasteiger partial charge in [-0.25, -0.2) is 4.79 Å². The number of piperidine rings is 1. The summed E-state index contributed by atoms with van der Waals surface area (Å²) in [5.74, 6) is 1.40. The number of ketones is 1. The number of fused-ring (bicyclic) bond motifs is 1. The van der Waals surface area contributed by atoms with Crippen molar-refractivity contribution in [2.75, 3.05) is 26.3 Å². The lowest BCUT2D eigenvalue weighted by Crippen LogP contribution is -2.42. The van der Waals surface area contributed by atoms with Crippen molar-refractivity contribution in [3.8, 4) is 0 Å². The molecule has 0 unspecified atom stereocenters. The van der Waals surface area contributed by atoms with Gasteiger partial charge in [-0.1, -0.05) is 0 Å². The Bertz CT molecular complexity index is 1010. The normalized spacial score (nSPS) is 17.4. The maximum absolute atomic E-state index is 12.8. The zero-order chi connectivity index (χ0) is 24.3. The highest BCUT2D eigenvalue weighted by molar-refractivity contribution is 6.01. The van der Waals surface area contributed by atoms with Crippen LogP contribution in [0.4, 0.5) is 4.79 Å². The molecule has 0 spiro atoms. The SMILES string of the molecule is Cc1c(C(=O)CCCOCC2CC2)ccc2nn(CC3CCN(C(=O)OC(C)(C)C)CC3)cc12. The standard InChI is InChI=1S/C27H39N3O4/c1-19-22(25(31)6-5-15-33-18-21-7-8-21)9-10-24-23(19)17-30(28-24)16-20-11-13-29(14-12-20)26(32)34-27(2,3)4/h9-10,17,20-21H,5-8,11-16,18H2,1-4H3.